The van der Waals surface area contributed by atoms with Gasteiger partial charge in [-0.3, -0.25) is 4.79 Å². The molecule has 1 amide bonds. The first-order chi connectivity index (χ1) is 10.0. The van der Waals surface area contributed by atoms with Crippen molar-refractivity contribution in [1.82, 2.24) is 9.47 Å². The highest BCUT2D eigenvalue weighted by atomic mass is 79.9. The zero-order valence-electron chi connectivity index (χ0n) is 11.9. The molecule has 3 rings (SSSR count). The van der Waals surface area contributed by atoms with Gasteiger partial charge in [-0.2, -0.15) is 0 Å². The van der Waals surface area contributed by atoms with Crippen LogP contribution in [0.15, 0.2) is 41.0 Å². The summed E-state index contributed by atoms with van der Waals surface area (Å²) in [7, 11) is 1.82. The number of halogens is 1. The van der Waals surface area contributed by atoms with Crippen molar-refractivity contribution in [3.05, 3.63) is 52.3 Å². The van der Waals surface area contributed by atoms with Crippen molar-refractivity contribution in [1.29, 1.82) is 0 Å². The summed E-state index contributed by atoms with van der Waals surface area (Å²) in [6, 6.07) is 10.2. The van der Waals surface area contributed by atoms with Gasteiger partial charge < -0.3 is 15.2 Å². The number of nitrogens with two attached hydrogens (primary N) is 1. The Morgan fingerprint density at radius 2 is 2.05 bits per heavy atom. The van der Waals surface area contributed by atoms with E-state index in [4.69, 9.17) is 5.73 Å². The number of amides is 1. The van der Waals surface area contributed by atoms with Crippen LogP contribution in [0.3, 0.4) is 0 Å². The zero-order valence-corrected chi connectivity index (χ0v) is 13.5. The average Bonchev–Trinajstić information content (AvgIpc) is 3.23. The molecule has 2 aromatic rings. The molecule has 0 spiro atoms. The minimum absolute atomic E-state index is 0.0153. The molecule has 1 aromatic heterocycles. The lowest BCUT2D eigenvalue weighted by atomic mass is 10.2. The molecule has 110 valence electrons. The van der Waals surface area contributed by atoms with Crippen molar-refractivity contribution in [2.75, 3.05) is 12.8 Å². The summed E-state index contributed by atoms with van der Waals surface area (Å²) in [5.74, 6) is 0.0153. The fourth-order valence-electron chi connectivity index (χ4n) is 2.46. The van der Waals surface area contributed by atoms with Crippen molar-refractivity contribution in [3.8, 4) is 0 Å². The normalized spacial score (nSPS) is 14.2. The summed E-state index contributed by atoms with van der Waals surface area (Å²) in [5.41, 5.74) is 8.30. The number of aromatic nitrogens is 1. The van der Waals surface area contributed by atoms with Gasteiger partial charge in [0.05, 0.1) is 5.69 Å². The fourth-order valence-corrected chi connectivity index (χ4v) is 2.72. The minimum atomic E-state index is 0.0153. The molecule has 0 atom stereocenters. The standard InChI is InChI=1S/C16H18BrN3O/c1-19(9-11-2-4-12(17)5-3-11)16(21)15-8-13(18)10-20(15)14-6-7-14/h2-5,8,10,14H,6-7,9,18H2,1H3. The predicted molar refractivity (Wildman–Crippen MR) is 87.1 cm³/mol. The van der Waals surface area contributed by atoms with Crippen LogP contribution in [0.1, 0.15) is 34.9 Å². The van der Waals surface area contributed by atoms with E-state index in [-0.39, 0.29) is 5.91 Å². The molecule has 4 nitrogen and oxygen atoms in total. The van der Waals surface area contributed by atoms with Crippen LogP contribution in [0.25, 0.3) is 0 Å². The lowest BCUT2D eigenvalue weighted by Crippen LogP contribution is -2.28. The van der Waals surface area contributed by atoms with Gasteiger partial charge in [-0.15, -0.1) is 0 Å². The zero-order chi connectivity index (χ0) is 15.0. The van der Waals surface area contributed by atoms with Crippen LogP contribution in [0, 0.1) is 0 Å². The van der Waals surface area contributed by atoms with Gasteiger partial charge in [0.15, 0.2) is 0 Å². The van der Waals surface area contributed by atoms with Crippen LogP contribution in [0.4, 0.5) is 5.69 Å². The highest BCUT2D eigenvalue weighted by molar-refractivity contribution is 9.10. The summed E-state index contributed by atoms with van der Waals surface area (Å²) in [5, 5.41) is 0. The average molecular weight is 348 g/mol. The Morgan fingerprint density at radius 1 is 1.38 bits per heavy atom. The SMILES string of the molecule is CN(Cc1ccc(Br)cc1)C(=O)c1cc(N)cn1C1CC1. The number of carbonyl (C=O) groups excluding carboxylic acids is 1. The quantitative estimate of drug-likeness (QED) is 0.920. The number of hydrogen-bond acceptors (Lipinski definition) is 2. The van der Waals surface area contributed by atoms with E-state index in [0.29, 0.717) is 24.0 Å². The predicted octanol–water partition coefficient (Wildman–Crippen LogP) is 3.44. The van der Waals surface area contributed by atoms with E-state index in [1.165, 1.54) is 0 Å². The highest BCUT2D eigenvalue weighted by Crippen LogP contribution is 2.37. The molecule has 5 heteroatoms. The van der Waals surface area contributed by atoms with Gasteiger partial charge in [0.1, 0.15) is 5.69 Å². The largest absolute Gasteiger partial charge is 0.397 e. The lowest BCUT2D eigenvalue weighted by molar-refractivity contribution is 0.0774. The molecule has 0 radical (unpaired) electrons. The Labute approximate surface area is 132 Å². The Morgan fingerprint density at radius 3 is 2.67 bits per heavy atom. The van der Waals surface area contributed by atoms with Gasteiger partial charge in [0, 0.05) is 30.3 Å². The number of carbonyl (C=O) groups is 1. The van der Waals surface area contributed by atoms with Gasteiger partial charge in [-0.1, -0.05) is 28.1 Å². The van der Waals surface area contributed by atoms with Crippen LogP contribution in [0.2, 0.25) is 0 Å². The molecular formula is C16H18BrN3O. The molecule has 21 heavy (non-hydrogen) atoms. The van der Waals surface area contributed by atoms with E-state index < -0.39 is 0 Å². The maximum Gasteiger partial charge on any atom is 0.270 e. The molecule has 1 heterocycles. The smallest absolute Gasteiger partial charge is 0.270 e. The molecule has 1 aliphatic carbocycles. The Balaban J connectivity index is 1.76. The van der Waals surface area contributed by atoms with E-state index in [9.17, 15) is 4.79 Å². The van der Waals surface area contributed by atoms with Crippen LogP contribution >= 0.6 is 15.9 Å². The molecule has 0 aliphatic heterocycles. The summed E-state index contributed by atoms with van der Waals surface area (Å²) < 4.78 is 3.06. The summed E-state index contributed by atoms with van der Waals surface area (Å²) >= 11 is 3.41. The van der Waals surface area contributed by atoms with Crippen molar-refractivity contribution < 1.29 is 4.79 Å². The van der Waals surface area contributed by atoms with E-state index in [0.717, 1.165) is 22.9 Å². The third-order valence-corrected chi connectivity index (χ3v) is 4.24. The summed E-state index contributed by atoms with van der Waals surface area (Å²) in [6.07, 6.45) is 4.13. The number of hydrogen-bond donors (Lipinski definition) is 1. The van der Waals surface area contributed by atoms with Crippen LogP contribution in [-0.4, -0.2) is 22.4 Å². The molecule has 1 fully saturated rings. The first-order valence-corrected chi connectivity index (χ1v) is 7.81. The summed E-state index contributed by atoms with van der Waals surface area (Å²) in [4.78, 5) is 14.4. The molecule has 0 saturated heterocycles. The Kier molecular flexibility index (Phi) is 3.76. The van der Waals surface area contributed by atoms with Crippen LogP contribution in [-0.2, 0) is 6.54 Å². The summed E-state index contributed by atoms with van der Waals surface area (Å²) in [6.45, 7) is 0.585. The molecule has 1 aromatic carbocycles. The number of nitrogens with zero attached hydrogens (tertiary/aromatic N) is 2. The van der Waals surface area contributed by atoms with Crippen LogP contribution < -0.4 is 5.73 Å². The minimum Gasteiger partial charge on any atom is -0.397 e. The second kappa shape index (κ2) is 5.56. The van der Waals surface area contributed by atoms with E-state index in [1.54, 1.807) is 11.0 Å². The number of anilines is 1. The van der Waals surface area contributed by atoms with Crippen molar-refractivity contribution in [2.45, 2.75) is 25.4 Å². The Bertz CT molecular complexity index is 659. The van der Waals surface area contributed by atoms with E-state index in [2.05, 4.69) is 15.9 Å². The maximum absolute atomic E-state index is 12.6. The topological polar surface area (TPSA) is 51.3 Å². The maximum atomic E-state index is 12.6. The third-order valence-electron chi connectivity index (χ3n) is 3.71. The monoisotopic (exact) mass is 347 g/mol. The van der Waals surface area contributed by atoms with Gasteiger partial charge >= 0.3 is 0 Å². The second-order valence-corrected chi connectivity index (χ2v) is 6.50. The Hall–Kier alpha value is -1.75. The molecular weight excluding hydrogens is 330 g/mol. The lowest BCUT2D eigenvalue weighted by Gasteiger charge is -2.18. The number of rotatable bonds is 4. The van der Waals surface area contributed by atoms with Crippen molar-refractivity contribution >= 4 is 27.5 Å². The van der Waals surface area contributed by atoms with Gasteiger partial charge in [0.25, 0.3) is 5.91 Å². The fraction of sp³-hybridized carbons (Fsp3) is 0.312. The van der Waals surface area contributed by atoms with Gasteiger partial charge in [-0.25, -0.2) is 0 Å². The molecule has 2 N–H and O–H groups in total. The van der Waals surface area contributed by atoms with Gasteiger partial charge in [-0.05, 0) is 36.6 Å². The first-order valence-electron chi connectivity index (χ1n) is 7.02. The van der Waals surface area contributed by atoms with Crippen LogP contribution in [0.5, 0.6) is 0 Å². The van der Waals surface area contributed by atoms with Gasteiger partial charge in [0.2, 0.25) is 0 Å². The third kappa shape index (κ3) is 3.13. The first kappa shape index (κ1) is 14.2. The van der Waals surface area contributed by atoms with E-state index >= 15 is 0 Å². The van der Waals surface area contributed by atoms with Crippen molar-refractivity contribution in [3.63, 3.8) is 0 Å². The number of benzene rings is 1. The number of nitrogen functional groups attached to an aromatic ring is 1. The second-order valence-electron chi connectivity index (χ2n) is 5.58. The molecule has 1 saturated carbocycles. The van der Waals surface area contributed by atoms with E-state index in [1.807, 2.05) is 42.1 Å². The molecule has 0 unspecified atom stereocenters. The van der Waals surface area contributed by atoms with Crippen molar-refractivity contribution in [2.24, 2.45) is 0 Å². The molecule has 0 bridgehead atoms. The molecule has 1 aliphatic rings. The highest BCUT2D eigenvalue weighted by Gasteiger charge is 2.28.